The summed E-state index contributed by atoms with van der Waals surface area (Å²) >= 11 is 5.84. The third-order valence-corrected chi connectivity index (χ3v) is 13.2. The van der Waals surface area contributed by atoms with Crippen LogP contribution in [0.2, 0.25) is 0 Å². The van der Waals surface area contributed by atoms with E-state index in [1.165, 1.54) is 6.07 Å². The molecule has 12 nitrogen and oxygen atoms in total. The highest BCUT2D eigenvalue weighted by Crippen LogP contribution is 2.51. The number of nitrogens with one attached hydrogen (secondary N) is 1. The Labute approximate surface area is 358 Å². The van der Waals surface area contributed by atoms with E-state index in [1.807, 2.05) is 42.5 Å². The number of Topliss-reactive ketones (excluding diaryl/α,β-unsaturated/α-hetero) is 1. The molecule has 2 aliphatic carbocycles. The first-order valence-corrected chi connectivity index (χ1v) is 21.4. The zero-order chi connectivity index (χ0) is 43.2. The van der Waals surface area contributed by atoms with Crippen LogP contribution in [0.3, 0.4) is 0 Å². The minimum atomic E-state index is -4.84. The number of pyridine rings is 1. The summed E-state index contributed by atoms with van der Waals surface area (Å²) in [6.45, 7) is 7.28. The summed E-state index contributed by atoms with van der Waals surface area (Å²) in [5.41, 5.74) is 0.444. The number of hydrogen-bond donors (Lipinski definition) is 1. The van der Waals surface area contributed by atoms with E-state index in [-0.39, 0.29) is 52.3 Å². The fourth-order valence-electron chi connectivity index (χ4n) is 9.43. The lowest BCUT2D eigenvalue weighted by molar-refractivity contribution is -0.138. The highest BCUT2D eigenvalue weighted by molar-refractivity contribution is 7.81. The first kappa shape index (κ1) is 42.5. The van der Waals surface area contributed by atoms with Crippen molar-refractivity contribution in [3.63, 3.8) is 0 Å². The van der Waals surface area contributed by atoms with Gasteiger partial charge in [-0.15, -0.1) is 0 Å². The van der Waals surface area contributed by atoms with Crippen LogP contribution in [-0.4, -0.2) is 93.8 Å². The Bertz CT molecular complexity index is 2300. The quantitative estimate of drug-likeness (QED) is 0.158. The highest BCUT2D eigenvalue weighted by atomic mass is 32.1. The molecule has 3 atom stereocenters. The number of hydrogen-bond acceptors (Lipinski definition) is 10. The number of benzene rings is 2. The molecule has 0 bridgehead atoms. The molecule has 3 aliphatic heterocycles. The predicted octanol–water partition coefficient (Wildman–Crippen LogP) is 6.09. The fourth-order valence-corrected chi connectivity index (χ4v) is 9.89. The fraction of sp³-hybridized carbons (Fsp3) is 0.489. The molecule has 2 aromatic carbocycles. The van der Waals surface area contributed by atoms with E-state index in [0.29, 0.717) is 63.9 Å². The summed E-state index contributed by atoms with van der Waals surface area (Å²) in [6, 6.07) is 16.1. The number of imide groups is 1. The SMILES string of the molecule is C[C@@H]1CN(CCOc2ccc(N3C(=S)N(c4cnc(C#N)c(C(F)(F)F)c4)C(=O)C34CCC4)cc2C2CC2)C[C@H](C)N1CC(=O)Cc1cccc(CC2CCC(=O)NC2=O)c1. The second kappa shape index (κ2) is 16.9. The van der Waals surface area contributed by atoms with Gasteiger partial charge in [-0.25, -0.2) is 4.98 Å². The lowest BCUT2D eigenvalue weighted by atomic mass is 9.75. The summed E-state index contributed by atoms with van der Waals surface area (Å²) in [6.07, 6.45) is 1.69. The first-order chi connectivity index (χ1) is 29.1. The van der Waals surface area contributed by atoms with Crippen LogP contribution in [0.5, 0.6) is 5.75 Å². The molecule has 1 aromatic heterocycles. The second-order valence-corrected chi connectivity index (χ2v) is 17.6. The maximum absolute atomic E-state index is 14.0. The number of anilines is 2. The number of ether oxygens (including phenoxy) is 1. The molecule has 5 aliphatic rings. The molecule has 16 heteroatoms. The number of carbonyl (C=O) groups is 4. The van der Waals surface area contributed by atoms with Crippen LogP contribution in [-0.2, 0) is 38.2 Å². The van der Waals surface area contributed by atoms with Crippen molar-refractivity contribution < 1.29 is 37.1 Å². The molecule has 1 N–H and O–H groups in total. The average molecular weight is 856 g/mol. The first-order valence-electron chi connectivity index (χ1n) is 21.0. The van der Waals surface area contributed by atoms with Gasteiger partial charge in [0.25, 0.3) is 5.91 Å². The minimum absolute atomic E-state index is 0.0695. The second-order valence-electron chi connectivity index (χ2n) is 17.2. The number of ketones is 1. The number of nitrogens with zero attached hydrogens (tertiary/aromatic N) is 6. The Morgan fingerprint density at radius 3 is 2.41 bits per heavy atom. The number of carbonyl (C=O) groups excluding carboxylic acids is 4. The van der Waals surface area contributed by atoms with E-state index in [0.717, 1.165) is 72.0 Å². The predicted molar refractivity (Wildman–Crippen MR) is 224 cm³/mol. The van der Waals surface area contributed by atoms with Gasteiger partial charge in [0.05, 0.1) is 24.0 Å². The third kappa shape index (κ3) is 8.65. The van der Waals surface area contributed by atoms with Crippen LogP contribution in [0.4, 0.5) is 24.5 Å². The number of piperazine rings is 1. The van der Waals surface area contributed by atoms with Gasteiger partial charge < -0.3 is 9.64 Å². The van der Waals surface area contributed by atoms with E-state index in [4.69, 9.17) is 17.0 Å². The van der Waals surface area contributed by atoms with E-state index in [9.17, 15) is 37.6 Å². The average Bonchev–Trinajstić information content (AvgIpc) is 4.01. The molecule has 3 amide bonds. The number of aromatic nitrogens is 1. The molecule has 3 saturated heterocycles. The van der Waals surface area contributed by atoms with Crippen molar-refractivity contribution in [2.75, 3.05) is 42.6 Å². The topological polar surface area (TPSA) is 139 Å². The van der Waals surface area contributed by atoms with Crippen LogP contribution >= 0.6 is 12.2 Å². The lowest BCUT2D eigenvalue weighted by Gasteiger charge is -2.44. The number of rotatable bonds is 13. The van der Waals surface area contributed by atoms with Gasteiger partial charge in [0, 0.05) is 56.2 Å². The van der Waals surface area contributed by atoms with Crippen molar-refractivity contribution in [2.45, 2.75) is 101 Å². The molecular weight excluding hydrogens is 808 g/mol. The Morgan fingerprint density at radius 2 is 1.75 bits per heavy atom. The number of nitriles is 1. The molecule has 2 saturated carbocycles. The van der Waals surface area contributed by atoms with Gasteiger partial charge in [0.2, 0.25) is 11.8 Å². The standard InChI is InChI=1S/C45H48F3N7O5S/c1-27-24-52(25-28(2)53(27)26-35(56)19-30-6-3-5-29(17-30)18-32-9-12-40(57)51-41(32)58)15-16-60-39-11-10-33(20-36(39)31-7-8-31)55-43(61)54(42(59)44(55)13-4-14-44)34-21-37(45(46,47)48)38(22-49)50-23-34/h3,5-6,10-11,17,20-21,23,27-28,31-32H,4,7-9,12-16,18-19,24-26H2,1-2H3,(H,51,57,58)/t27-,28+,32?. The van der Waals surface area contributed by atoms with E-state index >= 15 is 0 Å². The maximum atomic E-state index is 14.0. The number of thiocarbonyl (C=S) groups is 1. The number of piperidine rings is 1. The number of alkyl halides is 3. The molecule has 1 unspecified atom stereocenters. The largest absolute Gasteiger partial charge is 0.492 e. The summed E-state index contributed by atoms with van der Waals surface area (Å²) in [4.78, 5) is 62.5. The van der Waals surface area contributed by atoms with E-state index < -0.39 is 28.9 Å². The van der Waals surface area contributed by atoms with E-state index in [2.05, 4.69) is 33.9 Å². The molecule has 5 fully saturated rings. The van der Waals surface area contributed by atoms with Gasteiger partial charge in [-0.05, 0) is 118 Å². The van der Waals surface area contributed by atoms with Gasteiger partial charge in [-0.1, -0.05) is 24.3 Å². The Balaban J connectivity index is 0.877. The maximum Gasteiger partial charge on any atom is 0.419 e. The molecule has 320 valence electrons. The Kier molecular flexibility index (Phi) is 11.8. The van der Waals surface area contributed by atoms with Crippen molar-refractivity contribution in [3.8, 4) is 11.8 Å². The van der Waals surface area contributed by atoms with Crippen molar-refractivity contribution in [2.24, 2.45) is 5.92 Å². The summed E-state index contributed by atoms with van der Waals surface area (Å²) in [5, 5.41) is 11.7. The van der Waals surface area contributed by atoms with E-state index in [1.54, 1.807) is 4.90 Å². The third-order valence-electron chi connectivity index (χ3n) is 12.8. The van der Waals surface area contributed by atoms with Crippen LogP contribution in [0.25, 0.3) is 0 Å². The molecular formula is C45H48F3N7O5S. The highest BCUT2D eigenvalue weighted by Gasteiger charge is 2.60. The number of amides is 3. The molecule has 3 aromatic rings. The molecule has 0 radical (unpaired) electrons. The molecule has 61 heavy (non-hydrogen) atoms. The van der Waals surface area contributed by atoms with Crippen LogP contribution in [0.15, 0.2) is 54.7 Å². The van der Waals surface area contributed by atoms with Crippen LogP contribution in [0.1, 0.15) is 92.7 Å². The summed E-state index contributed by atoms with van der Waals surface area (Å²) in [5.74, 6) is 0.0342. The molecule has 1 spiro atoms. The minimum Gasteiger partial charge on any atom is -0.492 e. The monoisotopic (exact) mass is 855 g/mol. The van der Waals surface area contributed by atoms with Crippen LogP contribution < -0.4 is 19.9 Å². The lowest BCUT2D eigenvalue weighted by Crippen LogP contribution is -2.58. The van der Waals surface area contributed by atoms with Crippen LogP contribution in [0, 0.1) is 17.2 Å². The molecule has 4 heterocycles. The van der Waals surface area contributed by atoms with Gasteiger partial charge in [-0.2, -0.15) is 18.4 Å². The van der Waals surface area contributed by atoms with Crippen molar-refractivity contribution >= 4 is 52.2 Å². The number of halogens is 3. The summed E-state index contributed by atoms with van der Waals surface area (Å²) < 4.78 is 48.1. The molecule has 8 rings (SSSR count). The smallest absolute Gasteiger partial charge is 0.419 e. The Morgan fingerprint density at radius 1 is 1.02 bits per heavy atom. The van der Waals surface area contributed by atoms with Gasteiger partial charge in [0.15, 0.2) is 16.6 Å². The zero-order valence-electron chi connectivity index (χ0n) is 34.2. The van der Waals surface area contributed by atoms with Crippen molar-refractivity contribution in [1.82, 2.24) is 20.1 Å². The van der Waals surface area contributed by atoms with Crippen molar-refractivity contribution in [3.05, 3.63) is 82.7 Å². The van der Waals surface area contributed by atoms with Crippen molar-refractivity contribution in [1.29, 1.82) is 5.26 Å². The van der Waals surface area contributed by atoms with Gasteiger partial charge in [-0.3, -0.25) is 39.2 Å². The zero-order valence-corrected chi connectivity index (χ0v) is 35.0. The Hall–Kier alpha value is -5.24. The summed E-state index contributed by atoms with van der Waals surface area (Å²) in [7, 11) is 0. The van der Waals surface area contributed by atoms with Gasteiger partial charge >= 0.3 is 6.18 Å². The normalized spacial score (nSPS) is 23.2. The van der Waals surface area contributed by atoms with Gasteiger partial charge in [0.1, 0.15) is 24.0 Å².